The van der Waals surface area contributed by atoms with Crippen molar-refractivity contribution in [3.63, 3.8) is 0 Å². The van der Waals surface area contributed by atoms with Crippen molar-refractivity contribution in [3.8, 4) is 11.3 Å². The molecule has 7 nitrogen and oxygen atoms in total. The Hall–Kier alpha value is -3.04. The average Bonchev–Trinajstić information content (AvgIpc) is 3.21. The van der Waals surface area contributed by atoms with E-state index < -0.39 is 21.7 Å². The van der Waals surface area contributed by atoms with Crippen molar-refractivity contribution in [2.45, 2.75) is 12.2 Å². The predicted octanol–water partition coefficient (Wildman–Crippen LogP) is 3.54. The number of anilines is 1. The Morgan fingerprint density at radius 3 is 2.43 bits per heavy atom. The number of hydrogen-bond donors (Lipinski definition) is 1. The lowest BCUT2D eigenvalue weighted by atomic mass is 10.1. The summed E-state index contributed by atoms with van der Waals surface area (Å²) in [6, 6.07) is 15.6. The van der Waals surface area contributed by atoms with Gasteiger partial charge in [0.1, 0.15) is 0 Å². The first kappa shape index (κ1) is 21.7. The first-order valence-electron chi connectivity index (χ1n) is 9.05. The van der Waals surface area contributed by atoms with Crippen LogP contribution < -0.4 is 5.32 Å². The number of hydrogen-bond acceptors (Lipinski definition) is 7. The van der Waals surface area contributed by atoms with Crippen molar-refractivity contribution in [1.29, 1.82) is 0 Å². The highest BCUT2D eigenvalue weighted by molar-refractivity contribution is 7.90. The second-order valence-electron chi connectivity index (χ2n) is 6.48. The van der Waals surface area contributed by atoms with Gasteiger partial charge in [-0.1, -0.05) is 42.5 Å². The summed E-state index contributed by atoms with van der Waals surface area (Å²) in [5, 5.41) is 4.79. The zero-order valence-corrected chi connectivity index (χ0v) is 17.8. The van der Waals surface area contributed by atoms with Gasteiger partial charge in [0.15, 0.2) is 15.0 Å². The van der Waals surface area contributed by atoms with Gasteiger partial charge in [0.2, 0.25) is 5.91 Å². The summed E-state index contributed by atoms with van der Waals surface area (Å²) >= 11 is 1.24. The maximum Gasteiger partial charge on any atom is 0.337 e. The zero-order chi connectivity index (χ0) is 21.6. The highest BCUT2D eigenvalue weighted by Crippen LogP contribution is 2.25. The minimum Gasteiger partial charge on any atom is -0.465 e. The molecule has 0 saturated heterocycles. The molecule has 0 saturated carbocycles. The lowest BCUT2D eigenvalue weighted by molar-refractivity contribution is -0.115. The van der Waals surface area contributed by atoms with Crippen LogP contribution in [0.15, 0.2) is 60.0 Å². The molecule has 0 fully saturated rings. The summed E-state index contributed by atoms with van der Waals surface area (Å²) in [7, 11) is -2.07. The molecule has 3 aromatic rings. The third-order valence-corrected chi connectivity index (χ3v) is 6.58. The number of carbonyl (C=O) groups excluding carboxylic acids is 2. The summed E-state index contributed by atoms with van der Waals surface area (Å²) in [6.07, 6.45) is -0.141. The molecule has 2 aromatic carbocycles. The van der Waals surface area contributed by atoms with Gasteiger partial charge in [0.25, 0.3) is 0 Å². The van der Waals surface area contributed by atoms with Crippen LogP contribution in [0, 0.1) is 0 Å². The number of thiazole rings is 1. The van der Waals surface area contributed by atoms with Gasteiger partial charge >= 0.3 is 5.97 Å². The molecular formula is C21H20N2O5S2. The molecule has 9 heteroatoms. The molecule has 0 aliphatic heterocycles. The van der Waals surface area contributed by atoms with Crippen LogP contribution >= 0.6 is 11.3 Å². The van der Waals surface area contributed by atoms with Gasteiger partial charge in [0.05, 0.1) is 29.9 Å². The van der Waals surface area contributed by atoms with Gasteiger partial charge < -0.3 is 10.1 Å². The van der Waals surface area contributed by atoms with Gasteiger partial charge in [-0.2, -0.15) is 0 Å². The molecule has 0 aliphatic rings. The van der Waals surface area contributed by atoms with Crippen LogP contribution in [0.5, 0.6) is 0 Å². The SMILES string of the molecule is COC(=O)c1ccc(-c2csc(NC(=O)CCS(=O)(=O)Cc3ccccc3)n2)cc1. The number of methoxy groups -OCH3 is 1. The molecule has 0 spiro atoms. The number of sulfone groups is 1. The van der Waals surface area contributed by atoms with Gasteiger partial charge in [-0.15, -0.1) is 11.3 Å². The van der Waals surface area contributed by atoms with Crippen molar-refractivity contribution in [2.75, 3.05) is 18.2 Å². The quantitative estimate of drug-likeness (QED) is 0.533. The van der Waals surface area contributed by atoms with E-state index in [4.69, 9.17) is 0 Å². The second kappa shape index (κ2) is 9.64. The summed E-state index contributed by atoms with van der Waals surface area (Å²) in [5.41, 5.74) is 2.55. The number of ether oxygens (including phenoxy) is 1. The van der Waals surface area contributed by atoms with E-state index in [0.717, 1.165) is 5.56 Å². The number of benzene rings is 2. The van der Waals surface area contributed by atoms with Crippen LogP contribution in [-0.2, 0) is 25.1 Å². The van der Waals surface area contributed by atoms with Gasteiger partial charge in [-0.05, 0) is 17.7 Å². The van der Waals surface area contributed by atoms with Crippen molar-refractivity contribution < 1.29 is 22.7 Å². The molecule has 0 radical (unpaired) electrons. The highest BCUT2D eigenvalue weighted by atomic mass is 32.2. The lowest BCUT2D eigenvalue weighted by Gasteiger charge is -2.05. The molecule has 0 unspecified atom stereocenters. The minimum absolute atomic E-state index is 0.0932. The van der Waals surface area contributed by atoms with Crippen molar-refractivity contribution in [2.24, 2.45) is 0 Å². The van der Waals surface area contributed by atoms with Crippen LogP contribution in [0.3, 0.4) is 0 Å². The van der Waals surface area contributed by atoms with Crippen molar-refractivity contribution >= 4 is 38.2 Å². The van der Waals surface area contributed by atoms with E-state index in [1.807, 2.05) is 6.07 Å². The first-order valence-corrected chi connectivity index (χ1v) is 11.7. The Balaban J connectivity index is 1.55. The monoisotopic (exact) mass is 444 g/mol. The molecule has 3 rings (SSSR count). The third-order valence-electron chi connectivity index (χ3n) is 4.22. The highest BCUT2D eigenvalue weighted by Gasteiger charge is 2.16. The molecule has 0 bridgehead atoms. The number of esters is 1. The number of rotatable bonds is 8. The summed E-state index contributed by atoms with van der Waals surface area (Å²) in [4.78, 5) is 28.0. The molecule has 1 N–H and O–H groups in total. The first-order chi connectivity index (χ1) is 14.4. The number of aromatic nitrogens is 1. The molecule has 0 aliphatic carbocycles. The largest absolute Gasteiger partial charge is 0.465 e. The van der Waals surface area contributed by atoms with E-state index >= 15 is 0 Å². The molecule has 30 heavy (non-hydrogen) atoms. The van der Waals surface area contributed by atoms with Crippen LogP contribution in [0.2, 0.25) is 0 Å². The van der Waals surface area contributed by atoms with E-state index in [2.05, 4.69) is 15.0 Å². The standard InChI is InChI=1S/C21H20N2O5S2/c1-28-20(25)17-9-7-16(8-10-17)18-13-29-21(22-18)23-19(24)11-12-30(26,27)14-15-5-3-2-4-6-15/h2-10,13H,11-12,14H2,1H3,(H,22,23,24). The summed E-state index contributed by atoms with van der Waals surface area (Å²) < 4.78 is 29.1. The van der Waals surface area contributed by atoms with E-state index in [1.165, 1.54) is 18.4 Å². The van der Waals surface area contributed by atoms with Crippen LogP contribution in [-0.4, -0.2) is 38.1 Å². The topological polar surface area (TPSA) is 102 Å². The van der Waals surface area contributed by atoms with Gasteiger partial charge in [-0.25, -0.2) is 18.2 Å². The van der Waals surface area contributed by atoms with Crippen molar-refractivity contribution in [1.82, 2.24) is 4.98 Å². The number of carbonyl (C=O) groups is 2. The number of amides is 1. The van der Waals surface area contributed by atoms with Crippen LogP contribution in [0.25, 0.3) is 11.3 Å². The number of nitrogens with one attached hydrogen (secondary N) is 1. The molecule has 1 aromatic heterocycles. The fourth-order valence-corrected chi connectivity index (χ4v) is 4.77. The predicted molar refractivity (Wildman–Crippen MR) is 116 cm³/mol. The van der Waals surface area contributed by atoms with Crippen LogP contribution in [0.1, 0.15) is 22.3 Å². The van der Waals surface area contributed by atoms with E-state index in [0.29, 0.717) is 22.0 Å². The Kier molecular flexibility index (Phi) is 6.96. The summed E-state index contributed by atoms with van der Waals surface area (Å²) in [6.45, 7) is 0. The van der Waals surface area contributed by atoms with Crippen molar-refractivity contribution in [3.05, 3.63) is 71.1 Å². The third kappa shape index (κ3) is 5.98. The minimum atomic E-state index is -3.39. The Bertz CT molecular complexity index is 1120. The van der Waals surface area contributed by atoms with Gasteiger partial charge in [-0.3, -0.25) is 4.79 Å². The Labute approximate surface area is 178 Å². The smallest absolute Gasteiger partial charge is 0.337 e. The fourth-order valence-electron chi connectivity index (χ4n) is 2.69. The second-order valence-corrected chi connectivity index (χ2v) is 9.52. The Morgan fingerprint density at radius 2 is 1.77 bits per heavy atom. The Morgan fingerprint density at radius 1 is 1.07 bits per heavy atom. The molecule has 156 valence electrons. The molecule has 1 heterocycles. The lowest BCUT2D eigenvalue weighted by Crippen LogP contribution is -2.18. The maximum absolute atomic E-state index is 12.2. The normalized spacial score (nSPS) is 11.1. The molecule has 0 atom stereocenters. The molecule has 1 amide bonds. The maximum atomic E-state index is 12.2. The zero-order valence-electron chi connectivity index (χ0n) is 16.2. The molecular weight excluding hydrogens is 424 g/mol. The summed E-state index contributed by atoms with van der Waals surface area (Å²) in [5.74, 6) is -1.16. The fraction of sp³-hybridized carbons (Fsp3) is 0.190. The van der Waals surface area contributed by atoms with E-state index in [1.54, 1.807) is 53.9 Å². The average molecular weight is 445 g/mol. The van der Waals surface area contributed by atoms with E-state index in [9.17, 15) is 18.0 Å². The number of nitrogens with zero attached hydrogens (tertiary/aromatic N) is 1. The van der Waals surface area contributed by atoms with E-state index in [-0.39, 0.29) is 17.9 Å². The van der Waals surface area contributed by atoms with Gasteiger partial charge in [0, 0.05) is 17.4 Å². The van der Waals surface area contributed by atoms with Crippen LogP contribution in [0.4, 0.5) is 5.13 Å².